The van der Waals surface area contributed by atoms with Crippen LogP contribution in [-0.4, -0.2) is 32.4 Å². The Labute approximate surface area is 164 Å². The van der Waals surface area contributed by atoms with Crippen LogP contribution in [0, 0.1) is 0 Å². The van der Waals surface area contributed by atoms with Crippen molar-refractivity contribution in [1.29, 1.82) is 0 Å². The van der Waals surface area contributed by atoms with Crippen LogP contribution in [0.2, 0.25) is 0 Å². The second kappa shape index (κ2) is 8.05. The van der Waals surface area contributed by atoms with Gasteiger partial charge in [-0.3, -0.25) is 9.78 Å². The largest absolute Gasteiger partial charge is 0.334 e. The molecule has 0 bridgehead atoms. The van der Waals surface area contributed by atoms with Crippen molar-refractivity contribution in [3.05, 3.63) is 96.1 Å². The summed E-state index contributed by atoms with van der Waals surface area (Å²) in [5.41, 5.74) is 3.96. The van der Waals surface area contributed by atoms with Crippen LogP contribution in [0.25, 0.3) is 11.0 Å². The number of amides is 1. The van der Waals surface area contributed by atoms with Gasteiger partial charge in [0.05, 0.1) is 17.6 Å². The van der Waals surface area contributed by atoms with E-state index in [0.29, 0.717) is 12.1 Å². The Balaban J connectivity index is 1.60. The second-order valence-electron chi connectivity index (χ2n) is 6.80. The maximum Gasteiger partial charge on any atom is 0.254 e. The Morgan fingerprint density at radius 2 is 1.68 bits per heavy atom. The number of hydrogen-bond donors (Lipinski definition) is 0. The lowest BCUT2D eigenvalue weighted by Gasteiger charge is -2.18. The first-order chi connectivity index (χ1) is 13.7. The van der Waals surface area contributed by atoms with E-state index in [1.807, 2.05) is 31.3 Å². The summed E-state index contributed by atoms with van der Waals surface area (Å²) in [5, 5.41) is 0. The first-order valence-corrected chi connectivity index (χ1v) is 9.36. The predicted octanol–water partition coefficient (Wildman–Crippen LogP) is 3.95. The first kappa shape index (κ1) is 17.9. The molecule has 0 atom stereocenters. The summed E-state index contributed by atoms with van der Waals surface area (Å²) in [6.45, 7) is 1.27. The van der Waals surface area contributed by atoms with Crippen molar-refractivity contribution in [2.75, 3.05) is 7.05 Å². The molecule has 0 N–H and O–H groups in total. The molecule has 0 radical (unpaired) electrons. The molecule has 2 heterocycles. The van der Waals surface area contributed by atoms with Gasteiger partial charge in [-0.15, -0.1) is 0 Å². The van der Waals surface area contributed by atoms with Crippen molar-refractivity contribution in [2.24, 2.45) is 0 Å². The van der Waals surface area contributed by atoms with E-state index in [2.05, 4.69) is 39.9 Å². The van der Waals surface area contributed by atoms with Crippen LogP contribution in [0.15, 0.2) is 79.1 Å². The lowest BCUT2D eigenvalue weighted by atomic mass is 10.1. The minimum Gasteiger partial charge on any atom is -0.334 e. The smallest absolute Gasteiger partial charge is 0.254 e. The molecule has 5 nitrogen and oxygen atoms in total. The van der Waals surface area contributed by atoms with E-state index in [-0.39, 0.29) is 5.91 Å². The molecule has 0 saturated carbocycles. The summed E-state index contributed by atoms with van der Waals surface area (Å²) in [6.07, 6.45) is 4.18. The van der Waals surface area contributed by atoms with Gasteiger partial charge in [-0.2, -0.15) is 0 Å². The Hall–Kier alpha value is -3.47. The molecule has 0 aliphatic rings. The van der Waals surface area contributed by atoms with Crippen LogP contribution in [0.4, 0.5) is 0 Å². The van der Waals surface area contributed by atoms with Gasteiger partial charge in [0.2, 0.25) is 0 Å². The molecule has 0 fully saturated rings. The third kappa shape index (κ3) is 3.78. The number of fused-ring (bicyclic) bond motifs is 1. The second-order valence-corrected chi connectivity index (χ2v) is 6.80. The lowest BCUT2D eigenvalue weighted by Crippen LogP contribution is -2.28. The Morgan fingerprint density at radius 1 is 0.964 bits per heavy atom. The number of nitrogens with zero attached hydrogens (tertiary/aromatic N) is 4. The summed E-state index contributed by atoms with van der Waals surface area (Å²) in [4.78, 5) is 23.2. The molecule has 0 spiro atoms. The number of rotatable bonds is 6. The maximum atomic E-state index is 12.7. The van der Waals surface area contributed by atoms with E-state index in [4.69, 9.17) is 4.98 Å². The molecule has 1 amide bonds. The van der Waals surface area contributed by atoms with Gasteiger partial charge in [0.1, 0.15) is 5.82 Å². The molecule has 4 aromatic rings. The number of aryl methyl sites for hydroxylation is 2. The number of carbonyl (C=O) groups excluding carboxylic acids is 1. The van der Waals surface area contributed by atoms with E-state index >= 15 is 0 Å². The van der Waals surface area contributed by atoms with Gasteiger partial charge in [0.15, 0.2) is 0 Å². The zero-order chi connectivity index (χ0) is 19.3. The quantitative estimate of drug-likeness (QED) is 0.516. The van der Waals surface area contributed by atoms with Crippen LogP contribution in [0.1, 0.15) is 21.7 Å². The standard InChI is InChI=1S/C23H22N4O/c1-26(23(28)19-11-14-24-15-12-19)17-22-25-20-9-5-6-10-21(20)27(22)16-13-18-7-3-2-4-8-18/h2-12,14-15H,13,16-17H2,1H3. The molecule has 0 aliphatic heterocycles. The molecular weight excluding hydrogens is 348 g/mol. The minimum atomic E-state index is -0.0379. The van der Waals surface area contributed by atoms with Crippen molar-refractivity contribution in [3.8, 4) is 0 Å². The fourth-order valence-electron chi connectivity index (χ4n) is 3.38. The number of carbonyl (C=O) groups is 1. The number of pyridine rings is 1. The van der Waals surface area contributed by atoms with E-state index in [0.717, 1.165) is 29.8 Å². The molecule has 28 heavy (non-hydrogen) atoms. The molecule has 140 valence electrons. The number of hydrogen-bond acceptors (Lipinski definition) is 3. The number of aromatic nitrogens is 3. The average molecular weight is 370 g/mol. The zero-order valence-corrected chi connectivity index (χ0v) is 15.8. The Morgan fingerprint density at radius 3 is 2.46 bits per heavy atom. The van der Waals surface area contributed by atoms with Gasteiger partial charge in [0.25, 0.3) is 5.91 Å². The molecule has 0 unspecified atom stereocenters. The van der Waals surface area contributed by atoms with Crippen LogP contribution in [0.5, 0.6) is 0 Å². The average Bonchev–Trinajstić information content (AvgIpc) is 3.10. The van der Waals surface area contributed by atoms with Gasteiger partial charge in [-0.05, 0) is 36.2 Å². The minimum absolute atomic E-state index is 0.0379. The van der Waals surface area contributed by atoms with Gasteiger partial charge >= 0.3 is 0 Å². The molecule has 4 rings (SSSR count). The van der Waals surface area contributed by atoms with Gasteiger partial charge in [-0.1, -0.05) is 42.5 Å². The number of para-hydroxylation sites is 2. The highest BCUT2D eigenvalue weighted by atomic mass is 16.2. The van der Waals surface area contributed by atoms with Crippen molar-refractivity contribution >= 4 is 16.9 Å². The van der Waals surface area contributed by atoms with E-state index in [9.17, 15) is 4.79 Å². The maximum absolute atomic E-state index is 12.7. The third-order valence-electron chi connectivity index (χ3n) is 4.85. The summed E-state index contributed by atoms with van der Waals surface area (Å²) in [5.74, 6) is 0.853. The summed E-state index contributed by atoms with van der Waals surface area (Å²) in [6, 6.07) is 22.0. The van der Waals surface area contributed by atoms with Crippen molar-refractivity contribution in [1.82, 2.24) is 19.4 Å². The van der Waals surface area contributed by atoms with Gasteiger partial charge in [0, 0.05) is 31.5 Å². The highest BCUT2D eigenvalue weighted by Crippen LogP contribution is 2.19. The topological polar surface area (TPSA) is 51.0 Å². The summed E-state index contributed by atoms with van der Waals surface area (Å²) in [7, 11) is 1.81. The molecular formula is C23H22N4O. The van der Waals surface area contributed by atoms with Crippen LogP contribution in [-0.2, 0) is 19.5 Å². The van der Waals surface area contributed by atoms with E-state index < -0.39 is 0 Å². The zero-order valence-electron chi connectivity index (χ0n) is 15.8. The molecule has 0 saturated heterocycles. The number of imidazole rings is 1. The van der Waals surface area contributed by atoms with Crippen LogP contribution >= 0.6 is 0 Å². The normalized spacial score (nSPS) is 10.9. The van der Waals surface area contributed by atoms with Crippen molar-refractivity contribution < 1.29 is 4.79 Å². The SMILES string of the molecule is CN(Cc1nc2ccccc2n1CCc1ccccc1)C(=O)c1ccncc1. The van der Waals surface area contributed by atoms with Crippen LogP contribution in [0.3, 0.4) is 0 Å². The first-order valence-electron chi connectivity index (χ1n) is 9.36. The Kier molecular flexibility index (Phi) is 5.15. The number of benzene rings is 2. The van der Waals surface area contributed by atoms with Crippen LogP contribution < -0.4 is 0 Å². The highest BCUT2D eigenvalue weighted by Gasteiger charge is 2.17. The molecule has 5 heteroatoms. The van der Waals surface area contributed by atoms with Crippen molar-refractivity contribution in [3.63, 3.8) is 0 Å². The Bertz CT molecular complexity index is 1070. The molecule has 2 aromatic carbocycles. The van der Waals surface area contributed by atoms with Gasteiger partial charge in [-0.25, -0.2) is 4.98 Å². The summed E-state index contributed by atoms with van der Waals surface area (Å²) >= 11 is 0. The monoisotopic (exact) mass is 370 g/mol. The van der Waals surface area contributed by atoms with E-state index in [1.165, 1.54) is 5.56 Å². The fourth-order valence-corrected chi connectivity index (χ4v) is 3.38. The van der Waals surface area contributed by atoms with Crippen molar-refractivity contribution in [2.45, 2.75) is 19.5 Å². The third-order valence-corrected chi connectivity index (χ3v) is 4.85. The highest BCUT2D eigenvalue weighted by molar-refractivity contribution is 5.93. The summed E-state index contributed by atoms with van der Waals surface area (Å²) < 4.78 is 2.22. The fraction of sp³-hybridized carbons (Fsp3) is 0.174. The van der Waals surface area contributed by atoms with E-state index in [1.54, 1.807) is 29.4 Å². The molecule has 0 aliphatic carbocycles. The molecule has 2 aromatic heterocycles. The van der Waals surface area contributed by atoms with Gasteiger partial charge < -0.3 is 9.47 Å². The lowest BCUT2D eigenvalue weighted by molar-refractivity contribution is 0.0780. The predicted molar refractivity (Wildman–Crippen MR) is 110 cm³/mol.